The Bertz CT molecular complexity index is 1360. The van der Waals surface area contributed by atoms with E-state index in [-0.39, 0.29) is 48.5 Å². The van der Waals surface area contributed by atoms with Crippen molar-refractivity contribution in [2.24, 2.45) is 17.6 Å². The molecular formula is C33H40F5N3O4. The number of halogens is 5. The molecule has 2 saturated heterocycles. The number of alkyl halides is 4. The van der Waals surface area contributed by atoms with Gasteiger partial charge < -0.3 is 20.1 Å². The van der Waals surface area contributed by atoms with Crippen molar-refractivity contribution < 1.29 is 41.0 Å². The first-order chi connectivity index (χ1) is 21.3. The van der Waals surface area contributed by atoms with E-state index >= 15 is 4.39 Å². The van der Waals surface area contributed by atoms with Crippen molar-refractivity contribution in [1.82, 2.24) is 9.80 Å². The maximum Gasteiger partial charge on any atom is 0.416 e. The molecule has 0 radical (unpaired) electrons. The molecule has 12 heteroatoms. The molecule has 4 aliphatic rings. The summed E-state index contributed by atoms with van der Waals surface area (Å²) in [5, 5.41) is 0. The third-order valence-electron chi connectivity index (χ3n) is 9.03. The summed E-state index contributed by atoms with van der Waals surface area (Å²) in [5.74, 6) is -1.58. The number of nitrogens with two attached hydrogens (primary N) is 1. The first-order valence-corrected chi connectivity index (χ1v) is 15.5. The topological polar surface area (TPSA) is 85.1 Å². The molecule has 1 amide bonds. The molecule has 2 aliphatic heterocycles. The molecule has 0 spiro atoms. The SMILES string of the molecule is C=C(/C=C(\C=C(/N)CN1CCC(COc2cc(F)c(C(=O)N3C[C@H](F)C[C@H]3C(=O)OC)cc2C2CC2)CC1)C(F)(F)F)C1CC1. The Kier molecular flexibility index (Phi) is 9.91. The third-order valence-corrected chi connectivity index (χ3v) is 9.03. The number of carbonyl (C=O) groups excluding carboxylic acids is 2. The van der Waals surface area contributed by atoms with Gasteiger partial charge in [0.2, 0.25) is 0 Å². The van der Waals surface area contributed by atoms with Crippen molar-refractivity contribution in [3.63, 3.8) is 0 Å². The Balaban J connectivity index is 1.18. The number of esters is 1. The Morgan fingerprint density at radius 3 is 2.38 bits per heavy atom. The van der Waals surface area contributed by atoms with Gasteiger partial charge in [-0.3, -0.25) is 9.69 Å². The normalized spacial score (nSPS) is 23.7. The Labute approximate surface area is 259 Å². The Morgan fingerprint density at radius 2 is 1.78 bits per heavy atom. The van der Waals surface area contributed by atoms with Gasteiger partial charge in [0.25, 0.3) is 5.91 Å². The largest absolute Gasteiger partial charge is 0.493 e. The lowest BCUT2D eigenvalue weighted by Gasteiger charge is -2.32. The molecule has 0 unspecified atom stereocenters. The van der Waals surface area contributed by atoms with Crippen LogP contribution in [0, 0.1) is 17.7 Å². The van der Waals surface area contributed by atoms with E-state index in [4.69, 9.17) is 15.2 Å². The number of amides is 1. The molecule has 45 heavy (non-hydrogen) atoms. The van der Waals surface area contributed by atoms with Gasteiger partial charge in [0, 0.05) is 24.7 Å². The van der Waals surface area contributed by atoms with Crippen molar-refractivity contribution in [2.45, 2.75) is 69.3 Å². The molecule has 1 aromatic carbocycles. The number of hydrogen-bond donors (Lipinski definition) is 1. The molecule has 0 bridgehead atoms. The van der Waals surface area contributed by atoms with E-state index in [1.807, 2.05) is 4.90 Å². The van der Waals surface area contributed by atoms with Gasteiger partial charge in [-0.2, -0.15) is 13.2 Å². The summed E-state index contributed by atoms with van der Waals surface area (Å²) in [6, 6.07) is 1.55. The summed E-state index contributed by atoms with van der Waals surface area (Å²) in [7, 11) is 1.16. The number of methoxy groups -OCH3 is 1. The highest BCUT2D eigenvalue weighted by Crippen LogP contribution is 2.46. The lowest BCUT2D eigenvalue weighted by molar-refractivity contribution is -0.145. The number of allylic oxidation sites excluding steroid dienone is 4. The zero-order valence-electron chi connectivity index (χ0n) is 25.4. The maximum atomic E-state index is 15.3. The molecule has 2 atom stereocenters. The zero-order chi connectivity index (χ0) is 32.5. The van der Waals surface area contributed by atoms with E-state index in [2.05, 4.69) is 6.58 Å². The monoisotopic (exact) mass is 637 g/mol. The van der Waals surface area contributed by atoms with Gasteiger partial charge in [0.1, 0.15) is 23.8 Å². The second-order valence-electron chi connectivity index (χ2n) is 12.7. The lowest BCUT2D eigenvalue weighted by atomic mass is 9.97. The highest BCUT2D eigenvalue weighted by Gasteiger charge is 2.42. The maximum absolute atomic E-state index is 15.3. The van der Waals surface area contributed by atoms with E-state index in [9.17, 15) is 27.2 Å². The van der Waals surface area contributed by atoms with Crippen LogP contribution in [0.5, 0.6) is 5.75 Å². The van der Waals surface area contributed by atoms with Crippen LogP contribution >= 0.6 is 0 Å². The molecule has 7 nitrogen and oxygen atoms in total. The van der Waals surface area contributed by atoms with Crippen molar-refractivity contribution in [3.8, 4) is 5.75 Å². The predicted octanol–water partition coefficient (Wildman–Crippen LogP) is 5.82. The van der Waals surface area contributed by atoms with Gasteiger partial charge in [0.15, 0.2) is 0 Å². The number of piperidine rings is 1. The fourth-order valence-electron chi connectivity index (χ4n) is 6.10. The number of rotatable bonds is 11. The summed E-state index contributed by atoms with van der Waals surface area (Å²) in [5.41, 5.74) is 6.33. The van der Waals surface area contributed by atoms with Crippen molar-refractivity contribution in [1.29, 1.82) is 0 Å². The van der Waals surface area contributed by atoms with Crippen LogP contribution in [0.15, 0.2) is 47.7 Å². The average molecular weight is 638 g/mol. The number of carbonyl (C=O) groups is 2. The lowest BCUT2D eigenvalue weighted by Crippen LogP contribution is -2.41. The van der Waals surface area contributed by atoms with Gasteiger partial charge in [-0.15, -0.1) is 0 Å². The molecule has 1 aromatic rings. The van der Waals surface area contributed by atoms with E-state index in [1.54, 1.807) is 0 Å². The van der Waals surface area contributed by atoms with Gasteiger partial charge >= 0.3 is 12.1 Å². The van der Waals surface area contributed by atoms with Gasteiger partial charge in [-0.1, -0.05) is 12.2 Å². The second-order valence-corrected chi connectivity index (χ2v) is 12.7. The fraction of sp³-hybridized carbons (Fsp3) is 0.576. The molecular weight excluding hydrogens is 597 g/mol. The van der Waals surface area contributed by atoms with Gasteiger partial charge in [-0.05, 0) is 93.2 Å². The van der Waals surface area contributed by atoms with Crippen LogP contribution in [-0.2, 0) is 9.53 Å². The minimum atomic E-state index is -4.52. The molecule has 2 saturated carbocycles. The summed E-state index contributed by atoms with van der Waals surface area (Å²) in [4.78, 5) is 28.4. The van der Waals surface area contributed by atoms with Crippen LogP contribution in [0.2, 0.25) is 0 Å². The molecule has 0 aromatic heterocycles. The third kappa shape index (κ3) is 8.25. The van der Waals surface area contributed by atoms with Crippen LogP contribution in [0.4, 0.5) is 22.0 Å². The van der Waals surface area contributed by atoms with Crippen LogP contribution < -0.4 is 10.5 Å². The minimum Gasteiger partial charge on any atom is -0.493 e. The first-order valence-electron chi connectivity index (χ1n) is 15.5. The fourth-order valence-corrected chi connectivity index (χ4v) is 6.10. The summed E-state index contributed by atoms with van der Waals surface area (Å²) in [6.07, 6.45) is 0.874. The van der Waals surface area contributed by atoms with Crippen LogP contribution in [0.1, 0.15) is 66.8 Å². The summed E-state index contributed by atoms with van der Waals surface area (Å²) >= 11 is 0. The smallest absolute Gasteiger partial charge is 0.416 e. The van der Waals surface area contributed by atoms with Crippen molar-refractivity contribution >= 4 is 11.9 Å². The standard InChI is InChI=1S/C33H40F5N3O4/c1-19(21-3-4-21)11-23(33(36,37)38)12-25(39)17-40-9-7-20(8-10-40)18-45-30-15-28(35)27(14-26(30)22-5-6-22)31(42)41-16-24(34)13-29(41)32(43)44-2/h11-12,14-15,20-22,24,29H,1,3-10,13,16-18,39H2,2H3/b23-11+,25-12-/t24-,29+/m1/s1. The van der Waals surface area contributed by atoms with Crippen LogP contribution in [0.3, 0.4) is 0 Å². The predicted molar refractivity (Wildman–Crippen MR) is 158 cm³/mol. The minimum absolute atomic E-state index is 0.116. The highest BCUT2D eigenvalue weighted by atomic mass is 19.4. The molecule has 4 fully saturated rings. The quantitative estimate of drug-likeness (QED) is 0.187. The number of nitrogens with zero attached hydrogens (tertiary/aromatic N) is 2. The molecule has 2 aliphatic carbocycles. The van der Waals surface area contributed by atoms with E-state index < -0.39 is 41.7 Å². The van der Waals surface area contributed by atoms with Crippen molar-refractivity contribution in [2.75, 3.05) is 39.9 Å². The van der Waals surface area contributed by atoms with Crippen molar-refractivity contribution in [3.05, 3.63) is 64.7 Å². The number of benzene rings is 1. The number of likely N-dealkylation sites (tertiary alicyclic amines) is 2. The van der Waals surface area contributed by atoms with Crippen LogP contribution in [0.25, 0.3) is 0 Å². The molecule has 2 heterocycles. The molecule has 5 rings (SSSR count). The van der Waals surface area contributed by atoms with E-state index in [1.165, 1.54) is 12.1 Å². The Hall–Kier alpha value is -3.41. The second kappa shape index (κ2) is 13.5. The van der Waals surface area contributed by atoms with Gasteiger partial charge in [-0.25, -0.2) is 13.6 Å². The van der Waals surface area contributed by atoms with Crippen LogP contribution in [-0.4, -0.2) is 80.0 Å². The van der Waals surface area contributed by atoms with E-state index in [0.717, 1.165) is 62.7 Å². The average Bonchev–Trinajstić information content (AvgIpc) is 3.92. The first kappa shape index (κ1) is 33.0. The van der Waals surface area contributed by atoms with Gasteiger partial charge in [0.05, 0.1) is 31.4 Å². The number of hydrogen-bond acceptors (Lipinski definition) is 6. The number of ether oxygens (including phenoxy) is 2. The molecule has 2 N–H and O–H groups in total. The summed E-state index contributed by atoms with van der Waals surface area (Å²) in [6.45, 7) is 5.22. The van der Waals surface area contributed by atoms with E-state index in [0.29, 0.717) is 36.6 Å². The Morgan fingerprint density at radius 1 is 1.09 bits per heavy atom. The highest BCUT2D eigenvalue weighted by molar-refractivity contribution is 5.98. The molecule has 246 valence electrons. The summed E-state index contributed by atoms with van der Waals surface area (Å²) < 4.78 is 81.0. The zero-order valence-corrected chi connectivity index (χ0v) is 25.4.